The van der Waals surface area contributed by atoms with Gasteiger partial charge in [-0.05, 0) is 163 Å². The van der Waals surface area contributed by atoms with Crippen LogP contribution in [0.4, 0.5) is 0 Å². The van der Waals surface area contributed by atoms with Gasteiger partial charge in [0.25, 0.3) is 0 Å². The van der Waals surface area contributed by atoms with Gasteiger partial charge in [0.2, 0.25) is 0 Å². The SMILES string of the molecule is CC1(C)c2ccccc2-c2ccc(-c3ccc(-c4ccc5c(c4)cc(-c4ccc6ccccc6c4)c4cc(-c6cc7ccccc7cc6-c6ccccc6)ccc45)cc3)cc21. The van der Waals surface area contributed by atoms with E-state index in [4.69, 9.17) is 0 Å². The Bertz CT molecular complexity index is 3530. The summed E-state index contributed by atoms with van der Waals surface area (Å²) in [4.78, 5) is 0. The first kappa shape index (κ1) is 35.4. The number of rotatable bonds is 5. The highest BCUT2D eigenvalue weighted by Gasteiger charge is 2.35. The lowest BCUT2D eigenvalue weighted by Gasteiger charge is -2.22. The second-order valence-corrected chi connectivity index (χ2v) is 17.3. The van der Waals surface area contributed by atoms with E-state index in [-0.39, 0.29) is 5.41 Å². The van der Waals surface area contributed by atoms with Crippen LogP contribution >= 0.6 is 0 Å². The summed E-state index contributed by atoms with van der Waals surface area (Å²) in [5.74, 6) is 0. The van der Waals surface area contributed by atoms with Crippen molar-refractivity contribution in [1.29, 1.82) is 0 Å². The molecule has 1 aliphatic carbocycles. The molecule has 0 nitrogen and oxygen atoms in total. The molecule has 286 valence electrons. The third kappa shape index (κ3) is 5.82. The van der Waals surface area contributed by atoms with Crippen LogP contribution in [0, 0.1) is 0 Å². The fourth-order valence-electron chi connectivity index (χ4n) is 10.2. The van der Waals surface area contributed by atoms with Gasteiger partial charge in [-0.25, -0.2) is 0 Å². The molecule has 61 heavy (non-hydrogen) atoms. The normalized spacial score (nSPS) is 12.9. The highest BCUT2D eigenvalue weighted by atomic mass is 14.4. The summed E-state index contributed by atoms with van der Waals surface area (Å²) in [5, 5.41) is 10.00. The smallest absolute Gasteiger partial charge is 0.0159 e. The van der Waals surface area contributed by atoms with E-state index in [0.717, 1.165) is 0 Å². The molecule has 0 N–H and O–H groups in total. The van der Waals surface area contributed by atoms with Crippen molar-refractivity contribution in [2.24, 2.45) is 0 Å². The highest BCUT2D eigenvalue weighted by molar-refractivity contribution is 6.16. The Kier molecular flexibility index (Phi) is 7.99. The van der Waals surface area contributed by atoms with Crippen molar-refractivity contribution in [3.8, 4) is 66.8 Å². The Labute approximate surface area is 357 Å². The third-order valence-corrected chi connectivity index (χ3v) is 13.4. The zero-order valence-electron chi connectivity index (χ0n) is 34.3. The molecule has 12 rings (SSSR count). The molecule has 11 aromatic rings. The highest BCUT2D eigenvalue weighted by Crippen LogP contribution is 2.50. The van der Waals surface area contributed by atoms with Gasteiger partial charge >= 0.3 is 0 Å². The van der Waals surface area contributed by atoms with Crippen molar-refractivity contribution >= 4 is 43.1 Å². The fourth-order valence-corrected chi connectivity index (χ4v) is 10.2. The maximum atomic E-state index is 2.43. The first-order valence-electron chi connectivity index (χ1n) is 21.4. The lowest BCUT2D eigenvalue weighted by molar-refractivity contribution is 0.660. The van der Waals surface area contributed by atoms with Gasteiger partial charge in [-0.3, -0.25) is 0 Å². The van der Waals surface area contributed by atoms with Crippen molar-refractivity contribution < 1.29 is 0 Å². The second-order valence-electron chi connectivity index (χ2n) is 17.3. The van der Waals surface area contributed by atoms with Crippen LogP contribution in [0.2, 0.25) is 0 Å². The topological polar surface area (TPSA) is 0 Å². The minimum absolute atomic E-state index is 0.0219. The zero-order chi connectivity index (χ0) is 40.7. The Morgan fingerprint density at radius 3 is 1.48 bits per heavy atom. The molecule has 1 aliphatic rings. The molecule has 11 aromatic carbocycles. The van der Waals surface area contributed by atoms with Crippen LogP contribution in [0.1, 0.15) is 25.0 Å². The molecule has 0 spiro atoms. The molecule has 0 aliphatic heterocycles. The average molecular weight is 775 g/mol. The average Bonchev–Trinajstić information content (AvgIpc) is 3.55. The van der Waals surface area contributed by atoms with Crippen molar-refractivity contribution in [3.05, 3.63) is 230 Å². The summed E-state index contributed by atoms with van der Waals surface area (Å²) in [7, 11) is 0. The van der Waals surface area contributed by atoms with Gasteiger partial charge in [-0.1, -0.05) is 190 Å². The van der Waals surface area contributed by atoms with E-state index in [1.54, 1.807) is 0 Å². The molecule has 0 saturated heterocycles. The number of fused-ring (bicyclic) bond motifs is 8. The largest absolute Gasteiger partial charge is 0.0622 e. The quantitative estimate of drug-likeness (QED) is 0.153. The Balaban J connectivity index is 0.986. The van der Waals surface area contributed by atoms with Crippen LogP contribution in [0.25, 0.3) is 110 Å². The lowest BCUT2D eigenvalue weighted by atomic mass is 9.81. The molecule has 0 amide bonds. The number of benzene rings is 11. The molecule has 0 radical (unpaired) electrons. The van der Waals surface area contributed by atoms with E-state index in [2.05, 4.69) is 232 Å². The predicted octanol–water partition coefficient (Wildman–Crippen LogP) is 16.9. The van der Waals surface area contributed by atoms with Crippen LogP contribution < -0.4 is 0 Å². The third-order valence-electron chi connectivity index (χ3n) is 13.4. The van der Waals surface area contributed by atoms with Gasteiger partial charge in [0, 0.05) is 5.41 Å². The lowest BCUT2D eigenvalue weighted by Crippen LogP contribution is -2.14. The molecule has 0 saturated carbocycles. The van der Waals surface area contributed by atoms with E-state index in [1.807, 2.05) is 0 Å². The zero-order valence-corrected chi connectivity index (χ0v) is 34.3. The Morgan fingerprint density at radius 1 is 0.230 bits per heavy atom. The predicted molar refractivity (Wildman–Crippen MR) is 261 cm³/mol. The summed E-state index contributed by atoms with van der Waals surface area (Å²) in [6, 6.07) is 81.4. The monoisotopic (exact) mass is 774 g/mol. The van der Waals surface area contributed by atoms with Crippen LogP contribution in [-0.2, 0) is 5.41 Å². The first-order valence-corrected chi connectivity index (χ1v) is 21.4. The van der Waals surface area contributed by atoms with E-state index in [1.165, 1.54) is 121 Å². The van der Waals surface area contributed by atoms with Gasteiger partial charge in [0.15, 0.2) is 0 Å². The molecular weight excluding hydrogens is 733 g/mol. The molecule has 0 aromatic heterocycles. The Morgan fingerprint density at radius 2 is 0.721 bits per heavy atom. The maximum Gasteiger partial charge on any atom is 0.0159 e. The van der Waals surface area contributed by atoms with E-state index >= 15 is 0 Å². The van der Waals surface area contributed by atoms with Crippen LogP contribution in [0.3, 0.4) is 0 Å². The van der Waals surface area contributed by atoms with Gasteiger partial charge < -0.3 is 0 Å². The van der Waals surface area contributed by atoms with Crippen LogP contribution in [-0.4, -0.2) is 0 Å². The van der Waals surface area contributed by atoms with Gasteiger partial charge in [0.05, 0.1) is 0 Å². The minimum atomic E-state index is -0.0219. The number of hydrogen-bond acceptors (Lipinski definition) is 0. The molecule has 0 heterocycles. The molecule has 0 fully saturated rings. The van der Waals surface area contributed by atoms with Crippen molar-refractivity contribution in [3.63, 3.8) is 0 Å². The summed E-state index contributed by atoms with van der Waals surface area (Å²) >= 11 is 0. The number of hydrogen-bond donors (Lipinski definition) is 0. The molecule has 0 heteroatoms. The van der Waals surface area contributed by atoms with Gasteiger partial charge in [-0.2, -0.15) is 0 Å². The van der Waals surface area contributed by atoms with E-state index in [9.17, 15) is 0 Å². The molecule has 0 bridgehead atoms. The van der Waals surface area contributed by atoms with Crippen LogP contribution in [0.15, 0.2) is 218 Å². The minimum Gasteiger partial charge on any atom is -0.0622 e. The first-order chi connectivity index (χ1) is 30.0. The maximum absolute atomic E-state index is 2.43. The molecule has 0 unspecified atom stereocenters. The fraction of sp³-hybridized carbons (Fsp3) is 0.0492. The summed E-state index contributed by atoms with van der Waals surface area (Å²) in [6.07, 6.45) is 0. The van der Waals surface area contributed by atoms with Gasteiger partial charge in [0.1, 0.15) is 0 Å². The molecule has 0 atom stereocenters. The standard InChI is InChI=1S/C61H42/c1-61(2)59-19-11-10-18-53(59)54-31-27-47(38-60(54)61)41-22-20-40(21-23-41)46-26-29-51-50(33-46)37-57(48-25-24-39-12-6-7-15-43(39)32-48)58-36-49(28-30-52(51)58)56-35-45-17-9-8-16-44(45)34-55(56)42-13-4-3-5-14-42/h3-38H,1-2H3. The Hall–Kier alpha value is -7.54. The van der Waals surface area contributed by atoms with Crippen LogP contribution in [0.5, 0.6) is 0 Å². The van der Waals surface area contributed by atoms with Crippen molar-refractivity contribution in [2.75, 3.05) is 0 Å². The molecular formula is C61H42. The summed E-state index contributed by atoms with van der Waals surface area (Å²) in [5.41, 5.74) is 17.8. The van der Waals surface area contributed by atoms with Crippen molar-refractivity contribution in [2.45, 2.75) is 19.3 Å². The summed E-state index contributed by atoms with van der Waals surface area (Å²) < 4.78 is 0. The van der Waals surface area contributed by atoms with E-state index in [0.29, 0.717) is 0 Å². The van der Waals surface area contributed by atoms with Crippen molar-refractivity contribution in [1.82, 2.24) is 0 Å². The second kappa shape index (κ2) is 13.8. The van der Waals surface area contributed by atoms with Gasteiger partial charge in [-0.15, -0.1) is 0 Å². The summed E-state index contributed by atoms with van der Waals surface area (Å²) in [6.45, 7) is 4.70. The van der Waals surface area contributed by atoms with E-state index < -0.39 is 0 Å².